The van der Waals surface area contributed by atoms with Crippen LogP contribution in [-0.4, -0.2) is 43.6 Å². The van der Waals surface area contributed by atoms with E-state index in [-0.39, 0.29) is 18.3 Å². The fraction of sp³-hybridized carbons (Fsp3) is 0.556. The number of piperidine rings is 1. The highest BCUT2D eigenvalue weighted by Crippen LogP contribution is 2.35. The van der Waals surface area contributed by atoms with Crippen LogP contribution >= 0.6 is 0 Å². The van der Waals surface area contributed by atoms with E-state index < -0.39 is 0 Å². The number of fused-ring (bicyclic) bond motifs is 1. The maximum Gasteiger partial charge on any atom is 0.246 e. The Morgan fingerprint density at radius 3 is 2.72 bits per heavy atom. The van der Waals surface area contributed by atoms with Crippen molar-refractivity contribution < 1.29 is 9.18 Å². The fourth-order valence-corrected chi connectivity index (χ4v) is 4.17. The normalized spacial score (nSPS) is 23.3. The first-order valence-electron chi connectivity index (χ1n) is 9.04. The molecule has 0 unspecified atom stereocenters. The first kappa shape index (κ1) is 16.2. The van der Waals surface area contributed by atoms with Gasteiger partial charge in [-0.05, 0) is 61.1 Å². The van der Waals surface area contributed by atoms with Gasteiger partial charge in [-0.2, -0.15) is 4.80 Å². The van der Waals surface area contributed by atoms with Crippen molar-refractivity contribution >= 4 is 5.91 Å². The molecule has 0 radical (unpaired) electrons. The minimum atomic E-state index is -0.307. The lowest BCUT2D eigenvalue weighted by atomic mass is 9.78. The number of carbonyl (C=O) groups is 1. The lowest BCUT2D eigenvalue weighted by Crippen LogP contribution is -2.50. The van der Waals surface area contributed by atoms with Crippen molar-refractivity contribution in [3.8, 4) is 11.4 Å². The van der Waals surface area contributed by atoms with Gasteiger partial charge in [0.2, 0.25) is 11.7 Å². The average Bonchev–Trinajstić information content (AvgIpc) is 3.10. The molecule has 1 aromatic heterocycles. The van der Waals surface area contributed by atoms with E-state index in [0.29, 0.717) is 23.3 Å². The van der Waals surface area contributed by atoms with Crippen molar-refractivity contribution in [2.45, 2.75) is 51.1 Å². The van der Waals surface area contributed by atoms with Gasteiger partial charge in [-0.3, -0.25) is 4.79 Å². The van der Waals surface area contributed by atoms with Gasteiger partial charge in [0.15, 0.2) is 0 Å². The Labute approximate surface area is 146 Å². The van der Waals surface area contributed by atoms with E-state index in [9.17, 15) is 9.18 Å². The number of halogens is 1. The Balaban J connectivity index is 1.45. The molecule has 0 bridgehead atoms. The molecule has 4 rings (SSSR count). The van der Waals surface area contributed by atoms with Gasteiger partial charge in [0.05, 0.1) is 0 Å². The van der Waals surface area contributed by atoms with Crippen LogP contribution in [0, 0.1) is 11.7 Å². The van der Waals surface area contributed by atoms with Gasteiger partial charge in [0.25, 0.3) is 0 Å². The topological polar surface area (TPSA) is 63.9 Å². The fourth-order valence-electron chi connectivity index (χ4n) is 4.17. The Kier molecular flexibility index (Phi) is 4.46. The number of amides is 1. The number of aromatic nitrogens is 4. The number of carbonyl (C=O) groups excluding carboxylic acids is 1. The molecule has 2 fully saturated rings. The molecule has 2 atom stereocenters. The van der Waals surface area contributed by atoms with Gasteiger partial charge in [-0.25, -0.2) is 4.39 Å². The van der Waals surface area contributed by atoms with Gasteiger partial charge >= 0.3 is 0 Å². The van der Waals surface area contributed by atoms with E-state index in [1.54, 1.807) is 12.1 Å². The summed E-state index contributed by atoms with van der Waals surface area (Å²) in [4.78, 5) is 16.1. The van der Waals surface area contributed by atoms with Crippen LogP contribution < -0.4 is 0 Å². The number of tetrazole rings is 1. The standard InChI is InChI=1S/C18H22FN5O/c19-15-9-7-14(8-10-15)18-20-22-24(21-18)12-17(25)23-11-3-5-13-4-1-2-6-16(13)23/h7-10,13,16H,1-6,11-12H2/t13-,16+/m1/s1. The molecule has 1 amide bonds. The van der Waals surface area contributed by atoms with Gasteiger partial charge in [0.1, 0.15) is 12.4 Å². The predicted octanol–water partition coefficient (Wildman–Crippen LogP) is 2.66. The van der Waals surface area contributed by atoms with E-state index in [0.717, 1.165) is 19.4 Å². The third kappa shape index (κ3) is 3.41. The second kappa shape index (κ2) is 6.90. The maximum atomic E-state index is 13.0. The second-order valence-corrected chi connectivity index (χ2v) is 6.99. The minimum Gasteiger partial charge on any atom is -0.338 e. The molecule has 2 aromatic rings. The highest BCUT2D eigenvalue weighted by atomic mass is 19.1. The molecular formula is C18H22FN5O. The molecule has 7 heteroatoms. The van der Waals surface area contributed by atoms with Crippen molar-refractivity contribution in [2.24, 2.45) is 5.92 Å². The van der Waals surface area contributed by atoms with E-state index >= 15 is 0 Å². The Hall–Kier alpha value is -2.31. The SMILES string of the molecule is O=C(Cn1nnc(-c2ccc(F)cc2)n1)N1CCC[C@H]2CCCC[C@@H]21. The highest BCUT2D eigenvalue weighted by molar-refractivity contribution is 5.76. The molecule has 1 aliphatic heterocycles. The molecule has 1 aliphatic carbocycles. The molecule has 0 N–H and O–H groups in total. The van der Waals surface area contributed by atoms with Crippen LogP contribution in [0.15, 0.2) is 24.3 Å². The van der Waals surface area contributed by atoms with E-state index in [1.165, 1.54) is 42.6 Å². The molecule has 1 saturated carbocycles. The van der Waals surface area contributed by atoms with E-state index in [4.69, 9.17) is 0 Å². The lowest BCUT2D eigenvalue weighted by Gasteiger charge is -2.44. The van der Waals surface area contributed by atoms with E-state index in [1.807, 2.05) is 4.90 Å². The van der Waals surface area contributed by atoms with Crippen molar-refractivity contribution in [1.82, 2.24) is 25.1 Å². The number of hydrogen-bond acceptors (Lipinski definition) is 4. The lowest BCUT2D eigenvalue weighted by molar-refractivity contribution is -0.138. The van der Waals surface area contributed by atoms with Gasteiger partial charge in [-0.15, -0.1) is 10.2 Å². The summed E-state index contributed by atoms with van der Waals surface area (Å²) < 4.78 is 13.0. The van der Waals surface area contributed by atoms with E-state index in [2.05, 4.69) is 15.4 Å². The van der Waals surface area contributed by atoms with Gasteiger partial charge in [-0.1, -0.05) is 12.8 Å². The van der Waals surface area contributed by atoms with Gasteiger partial charge < -0.3 is 4.90 Å². The summed E-state index contributed by atoms with van der Waals surface area (Å²) in [5.41, 5.74) is 0.686. The van der Waals surface area contributed by atoms with Crippen LogP contribution in [0.1, 0.15) is 38.5 Å². The zero-order chi connectivity index (χ0) is 17.2. The molecule has 132 valence electrons. The predicted molar refractivity (Wildman–Crippen MR) is 89.9 cm³/mol. The third-order valence-corrected chi connectivity index (χ3v) is 5.40. The second-order valence-electron chi connectivity index (χ2n) is 6.99. The molecular weight excluding hydrogens is 321 g/mol. The third-order valence-electron chi connectivity index (χ3n) is 5.40. The van der Waals surface area contributed by atoms with Crippen LogP contribution in [0.5, 0.6) is 0 Å². The van der Waals surface area contributed by atoms with Crippen LogP contribution in [0.3, 0.4) is 0 Å². The van der Waals surface area contributed by atoms with Crippen molar-refractivity contribution in [1.29, 1.82) is 0 Å². The molecule has 1 aromatic carbocycles. The number of rotatable bonds is 3. The van der Waals surface area contributed by atoms with Crippen LogP contribution in [0.25, 0.3) is 11.4 Å². The zero-order valence-corrected chi connectivity index (χ0v) is 14.1. The summed E-state index contributed by atoms with van der Waals surface area (Å²) in [6.45, 7) is 0.941. The number of hydrogen-bond donors (Lipinski definition) is 0. The van der Waals surface area contributed by atoms with Crippen molar-refractivity contribution in [3.63, 3.8) is 0 Å². The largest absolute Gasteiger partial charge is 0.338 e. The number of benzene rings is 1. The van der Waals surface area contributed by atoms with Crippen LogP contribution in [0.4, 0.5) is 4.39 Å². The van der Waals surface area contributed by atoms with Crippen molar-refractivity contribution in [3.05, 3.63) is 30.1 Å². The summed E-state index contributed by atoms with van der Waals surface area (Å²) in [6.07, 6.45) is 7.17. The number of likely N-dealkylation sites (tertiary alicyclic amines) is 1. The smallest absolute Gasteiger partial charge is 0.246 e. The molecule has 1 saturated heterocycles. The van der Waals surface area contributed by atoms with Crippen LogP contribution in [0.2, 0.25) is 0 Å². The summed E-state index contributed by atoms with van der Waals surface area (Å²) in [5.74, 6) is 0.824. The summed E-state index contributed by atoms with van der Waals surface area (Å²) >= 11 is 0. The quantitative estimate of drug-likeness (QED) is 0.859. The zero-order valence-electron chi connectivity index (χ0n) is 14.1. The monoisotopic (exact) mass is 343 g/mol. The highest BCUT2D eigenvalue weighted by Gasteiger charge is 2.35. The summed E-state index contributed by atoms with van der Waals surface area (Å²) in [6, 6.07) is 6.32. The number of nitrogens with zero attached hydrogens (tertiary/aromatic N) is 5. The maximum absolute atomic E-state index is 13.0. The van der Waals surface area contributed by atoms with Crippen LogP contribution in [-0.2, 0) is 11.3 Å². The molecule has 25 heavy (non-hydrogen) atoms. The Morgan fingerprint density at radius 1 is 1.12 bits per heavy atom. The Morgan fingerprint density at radius 2 is 1.88 bits per heavy atom. The summed E-state index contributed by atoms with van der Waals surface area (Å²) in [5, 5.41) is 12.2. The Bertz CT molecular complexity index is 742. The minimum absolute atomic E-state index is 0.0691. The summed E-state index contributed by atoms with van der Waals surface area (Å²) in [7, 11) is 0. The molecule has 6 nitrogen and oxygen atoms in total. The first-order chi connectivity index (χ1) is 12.2. The average molecular weight is 343 g/mol. The molecule has 2 aliphatic rings. The molecule has 2 heterocycles. The molecule has 0 spiro atoms. The first-order valence-corrected chi connectivity index (χ1v) is 9.04. The van der Waals surface area contributed by atoms with Crippen molar-refractivity contribution in [2.75, 3.05) is 6.54 Å². The van der Waals surface area contributed by atoms with Gasteiger partial charge in [0, 0.05) is 18.2 Å².